The van der Waals surface area contributed by atoms with Gasteiger partial charge in [-0.15, -0.1) is 0 Å². The lowest BCUT2D eigenvalue weighted by Gasteiger charge is -2.19. The Morgan fingerprint density at radius 1 is 1.00 bits per heavy atom. The zero-order chi connectivity index (χ0) is 18.8. The number of aromatic hydroxyl groups is 1. The zero-order valence-electron chi connectivity index (χ0n) is 15.5. The molecule has 1 unspecified atom stereocenters. The maximum atomic E-state index is 12.4. The SMILES string of the molecule is COc1ccc(O[C@H]2CC3CN(CC(=O)c4ccc(O)cc4)C[C@H]3C2)cc1. The molecule has 0 radical (unpaired) electrons. The Morgan fingerprint density at radius 3 is 2.19 bits per heavy atom. The van der Waals surface area contributed by atoms with Gasteiger partial charge in [-0.05, 0) is 73.2 Å². The van der Waals surface area contributed by atoms with Crippen molar-refractivity contribution in [3.05, 3.63) is 54.1 Å². The van der Waals surface area contributed by atoms with Crippen molar-refractivity contribution in [2.75, 3.05) is 26.7 Å². The number of carbonyl (C=O) groups is 1. The van der Waals surface area contributed by atoms with Crippen LogP contribution in [0.4, 0.5) is 0 Å². The van der Waals surface area contributed by atoms with Crippen LogP contribution in [0.5, 0.6) is 17.2 Å². The molecule has 4 rings (SSSR count). The number of hydrogen-bond acceptors (Lipinski definition) is 5. The molecule has 3 atom stereocenters. The number of methoxy groups -OCH3 is 1. The minimum Gasteiger partial charge on any atom is -0.508 e. The van der Waals surface area contributed by atoms with Crippen LogP contribution in [0, 0.1) is 11.8 Å². The molecule has 2 aliphatic rings. The Balaban J connectivity index is 1.27. The number of phenolic OH excluding ortho intramolecular Hbond substituents is 1. The number of nitrogens with zero attached hydrogens (tertiary/aromatic N) is 1. The smallest absolute Gasteiger partial charge is 0.176 e. The molecule has 2 aromatic rings. The van der Waals surface area contributed by atoms with Crippen LogP contribution in [0.15, 0.2) is 48.5 Å². The molecule has 1 heterocycles. The minimum absolute atomic E-state index is 0.112. The van der Waals surface area contributed by atoms with Crippen molar-refractivity contribution < 1.29 is 19.4 Å². The number of Topliss-reactive ketones (excluding diaryl/α,β-unsaturated/α-hetero) is 1. The van der Waals surface area contributed by atoms with E-state index >= 15 is 0 Å². The number of fused-ring (bicyclic) bond motifs is 1. The van der Waals surface area contributed by atoms with Crippen LogP contribution in [0.3, 0.4) is 0 Å². The Kier molecular flexibility index (Phi) is 5.03. The summed E-state index contributed by atoms with van der Waals surface area (Å²) < 4.78 is 11.3. The summed E-state index contributed by atoms with van der Waals surface area (Å²) in [5.74, 6) is 3.22. The predicted octanol–water partition coefficient (Wildman–Crippen LogP) is 3.37. The van der Waals surface area contributed by atoms with Crippen molar-refractivity contribution in [3.8, 4) is 17.2 Å². The number of likely N-dealkylation sites (tertiary alicyclic amines) is 1. The normalized spacial score (nSPS) is 24.6. The van der Waals surface area contributed by atoms with Crippen LogP contribution in [0.2, 0.25) is 0 Å². The molecule has 5 heteroatoms. The van der Waals surface area contributed by atoms with Crippen LogP contribution in [0.1, 0.15) is 23.2 Å². The number of ether oxygens (including phenoxy) is 2. The fraction of sp³-hybridized carbons (Fsp3) is 0.409. The van der Waals surface area contributed by atoms with Gasteiger partial charge in [0.15, 0.2) is 5.78 Å². The third-order valence-electron chi connectivity index (χ3n) is 5.70. The van der Waals surface area contributed by atoms with Gasteiger partial charge in [-0.25, -0.2) is 0 Å². The van der Waals surface area contributed by atoms with Crippen molar-refractivity contribution in [3.63, 3.8) is 0 Å². The molecule has 1 saturated carbocycles. The summed E-state index contributed by atoms with van der Waals surface area (Å²) in [5.41, 5.74) is 0.658. The van der Waals surface area contributed by atoms with Crippen molar-refractivity contribution in [1.82, 2.24) is 4.90 Å². The lowest BCUT2D eigenvalue weighted by Crippen LogP contribution is -2.30. The molecule has 2 aromatic carbocycles. The van der Waals surface area contributed by atoms with Gasteiger partial charge in [0.05, 0.1) is 19.8 Å². The van der Waals surface area contributed by atoms with E-state index in [0.29, 0.717) is 23.9 Å². The maximum absolute atomic E-state index is 12.4. The van der Waals surface area contributed by atoms with E-state index in [1.807, 2.05) is 24.3 Å². The quantitative estimate of drug-likeness (QED) is 0.794. The van der Waals surface area contributed by atoms with E-state index < -0.39 is 0 Å². The summed E-state index contributed by atoms with van der Waals surface area (Å²) in [5, 5.41) is 9.35. The van der Waals surface area contributed by atoms with Gasteiger partial charge < -0.3 is 14.6 Å². The first-order chi connectivity index (χ1) is 13.1. The highest BCUT2D eigenvalue weighted by Gasteiger charge is 2.42. The van der Waals surface area contributed by atoms with E-state index in [1.54, 1.807) is 31.4 Å². The lowest BCUT2D eigenvalue weighted by atomic mass is 10.0. The number of ketones is 1. The van der Waals surface area contributed by atoms with Crippen molar-refractivity contribution in [1.29, 1.82) is 0 Å². The fourth-order valence-electron chi connectivity index (χ4n) is 4.36. The zero-order valence-corrected chi connectivity index (χ0v) is 15.5. The first kappa shape index (κ1) is 17.9. The lowest BCUT2D eigenvalue weighted by molar-refractivity contribution is 0.0936. The van der Waals surface area contributed by atoms with E-state index in [-0.39, 0.29) is 17.6 Å². The number of hydrogen-bond donors (Lipinski definition) is 1. The van der Waals surface area contributed by atoms with Crippen LogP contribution in [0.25, 0.3) is 0 Å². The Bertz CT molecular complexity index is 773. The van der Waals surface area contributed by atoms with Gasteiger partial charge in [-0.2, -0.15) is 0 Å². The molecule has 0 aromatic heterocycles. The molecular weight excluding hydrogens is 342 g/mol. The summed E-state index contributed by atoms with van der Waals surface area (Å²) in [6.45, 7) is 2.36. The van der Waals surface area contributed by atoms with Crippen molar-refractivity contribution in [2.24, 2.45) is 11.8 Å². The van der Waals surface area contributed by atoms with Gasteiger partial charge in [-0.1, -0.05) is 0 Å². The molecule has 1 N–H and O–H groups in total. The molecule has 0 bridgehead atoms. The van der Waals surface area contributed by atoms with Crippen LogP contribution < -0.4 is 9.47 Å². The van der Waals surface area contributed by atoms with E-state index in [4.69, 9.17) is 9.47 Å². The molecule has 2 fully saturated rings. The molecule has 0 spiro atoms. The standard InChI is InChI=1S/C22H25NO4/c1-26-19-6-8-20(9-7-19)27-21-10-16-12-23(13-17(16)11-21)14-22(25)15-2-4-18(24)5-3-15/h2-9,16-17,21,24H,10-14H2,1H3/t16-,17?,21-/m1/s1. The summed E-state index contributed by atoms with van der Waals surface area (Å²) in [4.78, 5) is 14.7. The molecule has 0 amide bonds. The monoisotopic (exact) mass is 367 g/mol. The van der Waals surface area contributed by atoms with Gasteiger partial charge in [0, 0.05) is 18.7 Å². The number of phenols is 1. The molecule has 1 saturated heterocycles. The van der Waals surface area contributed by atoms with Gasteiger partial charge in [-0.3, -0.25) is 9.69 Å². The molecular formula is C22H25NO4. The highest BCUT2D eigenvalue weighted by atomic mass is 16.5. The second kappa shape index (κ2) is 7.61. The van der Waals surface area contributed by atoms with Crippen molar-refractivity contribution in [2.45, 2.75) is 18.9 Å². The maximum Gasteiger partial charge on any atom is 0.176 e. The van der Waals surface area contributed by atoms with E-state index in [0.717, 1.165) is 37.4 Å². The average molecular weight is 367 g/mol. The second-order valence-electron chi connectivity index (χ2n) is 7.57. The Morgan fingerprint density at radius 2 is 1.59 bits per heavy atom. The van der Waals surface area contributed by atoms with Crippen molar-refractivity contribution >= 4 is 5.78 Å². The molecule has 1 aliphatic carbocycles. The predicted molar refractivity (Wildman–Crippen MR) is 103 cm³/mol. The van der Waals surface area contributed by atoms with Gasteiger partial charge >= 0.3 is 0 Å². The summed E-state index contributed by atoms with van der Waals surface area (Å²) in [6, 6.07) is 14.2. The molecule has 27 heavy (non-hydrogen) atoms. The summed E-state index contributed by atoms with van der Waals surface area (Å²) in [7, 11) is 1.66. The highest BCUT2D eigenvalue weighted by Crippen LogP contribution is 2.39. The van der Waals surface area contributed by atoms with Crippen LogP contribution in [-0.2, 0) is 0 Å². The minimum atomic E-state index is 0.112. The third kappa shape index (κ3) is 4.08. The average Bonchev–Trinajstić information content (AvgIpc) is 3.20. The molecule has 1 aliphatic heterocycles. The van der Waals surface area contributed by atoms with E-state index in [2.05, 4.69) is 4.90 Å². The van der Waals surface area contributed by atoms with Gasteiger partial charge in [0.25, 0.3) is 0 Å². The first-order valence-corrected chi connectivity index (χ1v) is 9.46. The van der Waals surface area contributed by atoms with Crippen LogP contribution in [-0.4, -0.2) is 48.6 Å². The summed E-state index contributed by atoms with van der Waals surface area (Å²) >= 11 is 0. The number of carbonyl (C=O) groups excluding carboxylic acids is 1. The van der Waals surface area contributed by atoms with Crippen LogP contribution >= 0.6 is 0 Å². The first-order valence-electron chi connectivity index (χ1n) is 9.46. The van der Waals surface area contributed by atoms with Gasteiger partial charge in [0.1, 0.15) is 17.2 Å². The molecule has 142 valence electrons. The van der Waals surface area contributed by atoms with Gasteiger partial charge in [0.2, 0.25) is 0 Å². The number of benzene rings is 2. The Labute approximate surface area is 159 Å². The van der Waals surface area contributed by atoms with E-state index in [9.17, 15) is 9.90 Å². The topological polar surface area (TPSA) is 59.0 Å². The molecule has 5 nitrogen and oxygen atoms in total. The Hall–Kier alpha value is -2.53. The largest absolute Gasteiger partial charge is 0.508 e. The third-order valence-corrected chi connectivity index (χ3v) is 5.70. The highest BCUT2D eigenvalue weighted by molar-refractivity contribution is 5.97. The fourth-order valence-corrected chi connectivity index (χ4v) is 4.36. The second-order valence-corrected chi connectivity index (χ2v) is 7.57. The van der Waals surface area contributed by atoms with E-state index in [1.165, 1.54) is 0 Å². The summed E-state index contributed by atoms with van der Waals surface area (Å²) in [6.07, 6.45) is 2.34. The number of rotatable bonds is 6.